The molecule has 0 aliphatic heterocycles. The minimum absolute atomic E-state index is 0.105. The van der Waals surface area contributed by atoms with Crippen LogP contribution in [-0.2, 0) is 6.42 Å². The monoisotopic (exact) mass is 263 g/mol. The van der Waals surface area contributed by atoms with Gasteiger partial charge in [-0.1, -0.05) is 47.5 Å². The van der Waals surface area contributed by atoms with E-state index in [9.17, 15) is 4.39 Å². The molecule has 0 bridgehead atoms. The molecule has 2 rings (SSSR count). The Morgan fingerprint density at radius 3 is 2.44 bits per heavy atom. The minimum Gasteiger partial charge on any atom is -0.324 e. The van der Waals surface area contributed by atoms with Gasteiger partial charge in [0.25, 0.3) is 0 Å². The summed E-state index contributed by atoms with van der Waals surface area (Å²) >= 11 is 5.75. The number of aryl methyl sites for hydroxylation is 1. The van der Waals surface area contributed by atoms with Gasteiger partial charge >= 0.3 is 0 Å². The Morgan fingerprint density at radius 2 is 1.83 bits per heavy atom. The van der Waals surface area contributed by atoms with E-state index in [1.54, 1.807) is 12.1 Å². The van der Waals surface area contributed by atoms with Crippen molar-refractivity contribution in [2.75, 3.05) is 0 Å². The highest BCUT2D eigenvalue weighted by molar-refractivity contribution is 6.30. The van der Waals surface area contributed by atoms with Gasteiger partial charge in [0.05, 0.1) is 5.02 Å². The molecule has 0 heterocycles. The van der Waals surface area contributed by atoms with Crippen molar-refractivity contribution in [3.63, 3.8) is 0 Å². The zero-order valence-corrected chi connectivity index (χ0v) is 10.9. The van der Waals surface area contributed by atoms with Crippen LogP contribution in [0.4, 0.5) is 4.39 Å². The molecule has 1 nitrogen and oxygen atoms in total. The molecule has 0 aromatic heterocycles. The normalized spacial score (nSPS) is 12.4. The van der Waals surface area contributed by atoms with Crippen LogP contribution >= 0.6 is 11.6 Å². The molecule has 2 aromatic carbocycles. The maximum absolute atomic E-state index is 13.0. The van der Waals surface area contributed by atoms with Gasteiger partial charge < -0.3 is 5.73 Å². The first-order chi connectivity index (χ1) is 8.56. The molecule has 1 atom stereocenters. The quantitative estimate of drug-likeness (QED) is 0.889. The summed E-state index contributed by atoms with van der Waals surface area (Å²) in [6, 6.07) is 12.7. The van der Waals surface area contributed by atoms with Crippen LogP contribution < -0.4 is 5.73 Å². The number of hydrogen-bond donors (Lipinski definition) is 1. The maximum Gasteiger partial charge on any atom is 0.141 e. The summed E-state index contributed by atoms with van der Waals surface area (Å²) in [6.45, 7) is 2.04. The zero-order chi connectivity index (χ0) is 13.1. The molecule has 3 heteroatoms. The fourth-order valence-corrected chi connectivity index (χ4v) is 2.06. The molecule has 0 fully saturated rings. The molecular formula is C15H15ClFN. The molecule has 0 radical (unpaired) electrons. The van der Waals surface area contributed by atoms with Crippen LogP contribution in [0.2, 0.25) is 5.02 Å². The van der Waals surface area contributed by atoms with Crippen LogP contribution in [0, 0.1) is 12.7 Å². The lowest BCUT2D eigenvalue weighted by Crippen LogP contribution is -2.13. The van der Waals surface area contributed by atoms with E-state index in [1.807, 2.05) is 31.2 Å². The van der Waals surface area contributed by atoms with Crippen LogP contribution in [0.3, 0.4) is 0 Å². The topological polar surface area (TPSA) is 26.0 Å². The third-order valence-electron chi connectivity index (χ3n) is 2.95. The first-order valence-corrected chi connectivity index (χ1v) is 6.20. The van der Waals surface area contributed by atoms with E-state index in [0.29, 0.717) is 6.42 Å². The van der Waals surface area contributed by atoms with E-state index in [4.69, 9.17) is 17.3 Å². The summed E-state index contributed by atoms with van der Waals surface area (Å²) < 4.78 is 13.0. The summed E-state index contributed by atoms with van der Waals surface area (Å²) in [6.07, 6.45) is 0.642. The van der Waals surface area contributed by atoms with Crippen LogP contribution in [0.5, 0.6) is 0 Å². The lowest BCUT2D eigenvalue weighted by Gasteiger charge is -2.12. The van der Waals surface area contributed by atoms with E-state index >= 15 is 0 Å². The third kappa shape index (κ3) is 3.09. The van der Waals surface area contributed by atoms with E-state index < -0.39 is 5.82 Å². The van der Waals surface area contributed by atoms with Gasteiger partial charge in [0, 0.05) is 6.04 Å². The molecular weight excluding hydrogens is 249 g/mol. The molecule has 2 N–H and O–H groups in total. The van der Waals surface area contributed by atoms with Crippen LogP contribution in [-0.4, -0.2) is 0 Å². The minimum atomic E-state index is -0.399. The molecule has 94 valence electrons. The summed E-state index contributed by atoms with van der Waals surface area (Å²) in [7, 11) is 0. The van der Waals surface area contributed by atoms with Gasteiger partial charge in [0.1, 0.15) is 5.82 Å². The largest absolute Gasteiger partial charge is 0.324 e. The standard InChI is InChI=1S/C15H15ClFN/c1-10-2-5-12(6-3-10)15(18)9-11-4-7-14(17)13(16)8-11/h2-8,15H,9,18H2,1H3. The van der Waals surface area contributed by atoms with Gasteiger partial charge in [0.15, 0.2) is 0 Å². The number of nitrogens with two attached hydrogens (primary N) is 1. The molecule has 0 spiro atoms. The molecule has 18 heavy (non-hydrogen) atoms. The van der Waals surface area contributed by atoms with Gasteiger partial charge in [-0.3, -0.25) is 0 Å². The predicted molar refractivity (Wildman–Crippen MR) is 73.2 cm³/mol. The van der Waals surface area contributed by atoms with Gasteiger partial charge in [0.2, 0.25) is 0 Å². The first kappa shape index (κ1) is 13.1. The summed E-state index contributed by atoms with van der Waals surface area (Å²) in [4.78, 5) is 0. The Bertz CT molecular complexity index is 537. The van der Waals surface area contributed by atoms with Crippen LogP contribution in [0.25, 0.3) is 0 Å². The van der Waals surface area contributed by atoms with E-state index in [1.165, 1.54) is 11.6 Å². The summed E-state index contributed by atoms with van der Waals surface area (Å²) in [5.41, 5.74) is 9.34. The van der Waals surface area contributed by atoms with Crippen molar-refractivity contribution in [2.24, 2.45) is 5.73 Å². The Balaban J connectivity index is 2.13. The van der Waals surface area contributed by atoms with E-state index in [-0.39, 0.29) is 11.1 Å². The van der Waals surface area contributed by atoms with Gasteiger partial charge in [-0.15, -0.1) is 0 Å². The highest BCUT2D eigenvalue weighted by Crippen LogP contribution is 2.21. The number of benzene rings is 2. The van der Waals surface area contributed by atoms with Crippen molar-refractivity contribution < 1.29 is 4.39 Å². The first-order valence-electron chi connectivity index (χ1n) is 5.82. The van der Waals surface area contributed by atoms with Crippen molar-refractivity contribution in [1.29, 1.82) is 0 Å². The average Bonchev–Trinajstić information content (AvgIpc) is 2.34. The number of hydrogen-bond acceptors (Lipinski definition) is 1. The summed E-state index contributed by atoms with van der Waals surface area (Å²) in [5, 5.41) is 0.142. The van der Waals surface area contributed by atoms with Crippen molar-refractivity contribution in [3.8, 4) is 0 Å². The molecule has 1 unspecified atom stereocenters. The van der Waals surface area contributed by atoms with Crippen molar-refractivity contribution >= 4 is 11.6 Å². The number of rotatable bonds is 3. The second-order valence-corrected chi connectivity index (χ2v) is 4.88. The van der Waals surface area contributed by atoms with Gasteiger partial charge in [-0.25, -0.2) is 4.39 Å². The molecule has 0 aliphatic rings. The molecule has 2 aromatic rings. The van der Waals surface area contributed by atoms with Crippen LogP contribution in [0.1, 0.15) is 22.7 Å². The second kappa shape index (κ2) is 5.51. The van der Waals surface area contributed by atoms with Crippen molar-refractivity contribution in [3.05, 3.63) is 70.0 Å². The predicted octanol–water partition coefficient (Wildman–Crippen LogP) is 4.03. The molecule has 0 amide bonds. The van der Waals surface area contributed by atoms with E-state index in [2.05, 4.69) is 0 Å². The highest BCUT2D eigenvalue weighted by Gasteiger charge is 2.08. The second-order valence-electron chi connectivity index (χ2n) is 4.47. The molecule has 0 saturated carbocycles. The van der Waals surface area contributed by atoms with Gasteiger partial charge in [-0.2, -0.15) is 0 Å². The highest BCUT2D eigenvalue weighted by atomic mass is 35.5. The van der Waals surface area contributed by atoms with Crippen LogP contribution in [0.15, 0.2) is 42.5 Å². The van der Waals surface area contributed by atoms with Crippen molar-refractivity contribution in [1.82, 2.24) is 0 Å². The fraction of sp³-hybridized carbons (Fsp3) is 0.200. The average molecular weight is 264 g/mol. The lowest BCUT2D eigenvalue weighted by molar-refractivity contribution is 0.626. The van der Waals surface area contributed by atoms with Crippen molar-refractivity contribution in [2.45, 2.75) is 19.4 Å². The van der Waals surface area contributed by atoms with Gasteiger partial charge in [-0.05, 0) is 36.6 Å². The summed E-state index contributed by atoms with van der Waals surface area (Å²) in [5.74, 6) is -0.399. The SMILES string of the molecule is Cc1ccc(C(N)Cc2ccc(F)c(Cl)c2)cc1. The smallest absolute Gasteiger partial charge is 0.141 e. The Kier molecular flexibility index (Phi) is 4.00. The third-order valence-corrected chi connectivity index (χ3v) is 3.23. The Labute approximate surface area is 111 Å². The van der Waals surface area contributed by atoms with E-state index in [0.717, 1.165) is 11.1 Å². The lowest BCUT2D eigenvalue weighted by atomic mass is 9.99. The fourth-order valence-electron chi connectivity index (χ4n) is 1.85. The molecule has 0 saturated heterocycles. The molecule has 0 aliphatic carbocycles. The Morgan fingerprint density at radius 1 is 1.17 bits per heavy atom. The Hall–Kier alpha value is -1.38. The zero-order valence-electron chi connectivity index (χ0n) is 10.2. The number of halogens is 2. The maximum atomic E-state index is 13.0.